The van der Waals surface area contributed by atoms with Gasteiger partial charge in [-0.25, -0.2) is 0 Å². The fourth-order valence-corrected chi connectivity index (χ4v) is 15.2. The molecule has 16 saturated carbocycles. The van der Waals surface area contributed by atoms with Gasteiger partial charge in [0.05, 0.1) is 0 Å². The van der Waals surface area contributed by atoms with Gasteiger partial charge in [0, 0.05) is 0 Å². The van der Waals surface area contributed by atoms with Crippen molar-refractivity contribution in [3.8, 4) is 0 Å². The van der Waals surface area contributed by atoms with E-state index in [2.05, 4.69) is 0 Å². The van der Waals surface area contributed by atoms with E-state index in [1.54, 1.807) is 173 Å². The molecule has 444 valence electrons. The summed E-state index contributed by atoms with van der Waals surface area (Å²) in [5, 5.41) is 0. The lowest BCUT2D eigenvalue weighted by atomic mass is 9.65. The Kier molecular flexibility index (Phi) is 60.0. The van der Waals surface area contributed by atoms with Gasteiger partial charge in [0.25, 0.3) is 0 Å². The van der Waals surface area contributed by atoms with E-state index < -0.39 is 0 Å². The highest BCUT2D eigenvalue weighted by Gasteiger charge is 2.38. The van der Waals surface area contributed by atoms with E-state index >= 15 is 0 Å². The van der Waals surface area contributed by atoms with Crippen molar-refractivity contribution in [3.05, 3.63) is 0 Å². The van der Waals surface area contributed by atoms with Crippen LogP contribution >= 0.6 is 0 Å². The summed E-state index contributed by atoms with van der Waals surface area (Å²) < 4.78 is 0. The van der Waals surface area contributed by atoms with Crippen LogP contribution < -0.4 is 0 Å². The molecule has 73 heavy (non-hydrogen) atoms. The molecule has 0 heterocycles. The maximum Gasteiger partial charge on any atom is -0.0383 e. The summed E-state index contributed by atoms with van der Waals surface area (Å²) in [4.78, 5) is 0. The van der Waals surface area contributed by atoms with Gasteiger partial charge in [0.15, 0.2) is 0 Å². The topological polar surface area (TPSA) is 0 Å². The third kappa shape index (κ3) is 36.7. The molecule has 16 aliphatic carbocycles. The van der Waals surface area contributed by atoms with E-state index in [4.69, 9.17) is 0 Å². The standard InChI is InChI=1S/3C8H14.3C7H12.C6H12.C5H10.8C2H6.CH4/c1-3-7-5-2-6-8(7)4-1;1-2-8-5-3-7(1)4-6-8;1-2-7-4-5-8(3-1)6-7;1-2-7-4-3-6(1)5-7;1-2-6-4-7(3-1)5-6;1-2-4-7-5-6(7)3-1;1-2-4-6-5-3-1;1-2-4-5-3-1;8*1-2;/h3*7-8H,1-6H2;3*6-7H,1-5H2;1-6H2;1-5H2;8*1-2H3;1H4. The third-order valence-corrected chi connectivity index (χ3v) is 19.2. The molecule has 0 aromatic carbocycles. The highest BCUT2D eigenvalue weighted by Crippen LogP contribution is 2.49. The van der Waals surface area contributed by atoms with Gasteiger partial charge in [-0.3, -0.25) is 0 Å². The summed E-state index contributed by atoms with van der Waals surface area (Å²) >= 11 is 0. The molecule has 0 spiro atoms. The van der Waals surface area contributed by atoms with Gasteiger partial charge >= 0.3 is 0 Å². The second-order valence-corrected chi connectivity index (χ2v) is 23.5. The van der Waals surface area contributed by atoms with E-state index in [9.17, 15) is 0 Å². The van der Waals surface area contributed by atoms with E-state index in [-0.39, 0.29) is 7.43 Å². The Balaban J connectivity index is -0.000000738. The molecule has 16 rings (SSSR count). The Morgan fingerprint density at radius 1 is 0.137 bits per heavy atom. The van der Waals surface area contributed by atoms with Crippen molar-refractivity contribution in [2.45, 2.75) is 401 Å². The van der Waals surface area contributed by atoms with Gasteiger partial charge in [-0.2, -0.15) is 0 Å². The molecule has 0 nitrogen and oxygen atoms in total. The van der Waals surface area contributed by atoms with Gasteiger partial charge in [-0.15, -0.1) is 0 Å². The first-order valence-corrected chi connectivity index (χ1v) is 35.7. The van der Waals surface area contributed by atoms with Crippen molar-refractivity contribution in [3.63, 3.8) is 0 Å². The number of hydrogen-bond donors (Lipinski definition) is 0. The molecule has 0 radical (unpaired) electrons. The normalized spacial score (nSPS) is 32.9. The van der Waals surface area contributed by atoms with Crippen molar-refractivity contribution in [2.75, 3.05) is 0 Å². The number of fused-ring (bicyclic) bond motifs is 11. The van der Waals surface area contributed by atoms with Crippen molar-refractivity contribution < 1.29 is 0 Å². The van der Waals surface area contributed by atoms with Crippen molar-refractivity contribution in [1.82, 2.24) is 0 Å². The molecule has 0 saturated heterocycles. The molecule has 0 amide bonds. The smallest absolute Gasteiger partial charge is 0.0383 e. The molecule has 0 N–H and O–H groups in total. The summed E-state index contributed by atoms with van der Waals surface area (Å²) in [7, 11) is 0. The molecular weight excluding hydrogens is 877 g/mol. The van der Waals surface area contributed by atoms with Gasteiger partial charge in [0.2, 0.25) is 0 Å². The summed E-state index contributed by atoms with van der Waals surface area (Å²) in [6, 6.07) is 0. The fraction of sp³-hybridized carbons (Fsp3) is 1.00. The molecule has 4 atom stereocenters. The van der Waals surface area contributed by atoms with Gasteiger partial charge in [-0.05, 0) is 103 Å². The van der Waals surface area contributed by atoms with E-state index in [0.29, 0.717) is 0 Å². The summed E-state index contributed by atoms with van der Waals surface area (Å²) in [5.41, 5.74) is 0. The first-order chi connectivity index (χ1) is 35.7. The van der Waals surface area contributed by atoms with Crippen molar-refractivity contribution in [2.24, 2.45) is 71.0 Å². The molecule has 4 unspecified atom stereocenters. The first kappa shape index (κ1) is 77.2. The van der Waals surface area contributed by atoms with Crippen LogP contribution in [0.4, 0.5) is 0 Å². The third-order valence-electron chi connectivity index (χ3n) is 19.2. The quantitative estimate of drug-likeness (QED) is 0.227. The zero-order valence-electron chi connectivity index (χ0n) is 54.0. The maximum atomic E-state index is 2.00. The SMILES string of the molecule is C.C1CC2CC(C1)C2.C1CC2CCC(C1)C2.C1CC2CCC1C2.C1CC2CCC1CC2.C1CC2CCCC2C1.C1CCC2CC2C1.C1CCCC1.C1CCCCC1.CC.CC.CC.CC.CC.CC.CC.CC. The van der Waals surface area contributed by atoms with Crippen molar-refractivity contribution >= 4 is 0 Å². The van der Waals surface area contributed by atoms with Gasteiger partial charge in [-0.1, -0.05) is 369 Å². The van der Waals surface area contributed by atoms with E-state index in [0.717, 1.165) is 23.7 Å². The Hall–Kier alpha value is 0. The molecule has 8 bridgehead atoms. The van der Waals surface area contributed by atoms with Crippen molar-refractivity contribution in [1.29, 1.82) is 0 Å². The lowest BCUT2D eigenvalue weighted by molar-refractivity contribution is 0.116. The van der Waals surface area contributed by atoms with Crippen LogP contribution in [-0.4, -0.2) is 0 Å². The highest BCUT2D eigenvalue weighted by molar-refractivity contribution is 4.89. The van der Waals surface area contributed by atoms with Crippen LogP contribution in [0.2, 0.25) is 0 Å². The van der Waals surface area contributed by atoms with E-state index in [1.807, 2.05) is 111 Å². The lowest BCUT2D eigenvalue weighted by Crippen LogP contribution is -2.28. The van der Waals surface area contributed by atoms with Crippen LogP contribution in [-0.2, 0) is 0 Å². The molecule has 0 aromatic rings. The molecule has 16 fully saturated rings. The van der Waals surface area contributed by atoms with Crippen LogP contribution in [0.3, 0.4) is 0 Å². The monoisotopic (exact) mass is 1030 g/mol. The summed E-state index contributed by atoms with van der Waals surface area (Å²) in [5.74, 6) is 14.1. The minimum absolute atomic E-state index is 0. The zero-order valence-corrected chi connectivity index (χ0v) is 54.0. The molecule has 0 aromatic heterocycles. The minimum atomic E-state index is 0. The maximum absolute atomic E-state index is 2.00. The Morgan fingerprint density at radius 2 is 0.315 bits per heavy atom. The average Bonchev–Trinajstić information content (AvgIpc) is 4.29. The number of rotatable bonds is 0. The predicted octanol–water partition coefficient (Wildman–Crippen LogP) is 27.5. The van der Waals surface area contributed by atoms with E-state index in [1.165, 1.54) is 156 Å². The Morgan fingerprint density at radius 3 is 0.493 bits per heavy atom. The number of hydrogen-bond acceptors (Lipinski definition) is 0. The molecule has 0 heteroatoms. The predicted molar refractivity (Wildman–Crippen MR) is 343 cm³/mol. The highest BCUT2D eigenvalue weighted by atomic mass is 14.4. The molecule has 16 aliphatic rings. The summed E-state index contributed by atoms with van der Waals surface area (Å²) in [6.07, 6.45) is 67.9. The molecular formula is C73H152. The zero-order chi connectivity index (χ0) is 54.0. The van der Waals surface area contributed by atoms with Crippen LogP contribution in [0.5, 0.6) is 0 Å². The molecule has 0 aliphatic heterocycles. The lowest BCUT2D eigenvalue weighted by Gasteiger charge is -2.40. The Labute approximate surface area is 469 Å². The average molecular weight is 1030 g/mol. The van der Waals surface area contributed by atoms with Crippen LogP contribution in [0.1, 0.15) is 401 Å². The largest absolute Gasteiger partial charge is 0.0776 e. The second kappa shape index (κ2) is 56.7. The second-order valence-electron chi connectivity index (χ2n) is 23.5. The minimum Gasteiger partial charge on any atom is -0.0776 e. The first-order valence-electron chi connectivity index (χ1n) is 35.7. The van der Waals surface area contributed by atoms with Crippen LogP contribution in [0.25, 0.3) is 0 Å². The van der Waals surface area contributed by atoms with Gasteiger partial charge < -0.3 is 0 Å². The fourth-order valence-electron chi connectivity index (χ4n) is 15.2. The summed E-state index contributed by atoms with van der Waals surface area (Å²) in [6.45, 7) is 32.0. The van der Waals surface area contributed by atoms with Gasteiger partial charge in [0.1, 0.15) is 0 Å². The van der Waals surface area contributed by atoms with Crippen LogP contribution in [0.15, 0.2) is 0 Å². The van der Waals surface area contributed by atoms with Crippen LogP contribution in [0, 0.1) is 71.0 Å². The Bertz CT molecular complexity index is 855.